The molecular weight excluding hydrogens is 248 g/mol. The number of amides is 1. The SMILES string of the molecule is O=C(NCCc1ncc[nH]1)c1ccc([N+](=O)[O-])cc1. The van der Waals surface area contributed by atoms with Crippen LogP contribution in [0, 0.1) is 10.1 Å². The van der Waals surface area contributed by atoms with Gasteiger partial charge >= 0.3 is 0 Å². The van der Waals surface area contributed by atoms with Crippen LogP contribution in [0.1, 0.15) is 16.2 Å². The smallest absolute Gasteiger partial charge is 0.269 e. The molecule has 0 spiro atoms. The predicted octanol–water partition coefficient (Wildman–Crippen LogP) is 1.29. The minimum absolute atomic E-state index is 0.0351. The average molecular weight is 260 g/mol. The monoisotopic (exact) mass is 260 g/mol. The van der Waals surface area contributed by atoms with Gasteiger partial charge in [-0.2, -0.15) is 0 Å². The Balaban J connectivity index is 1.87. The summed E-state index contributed by atoms with van der Waals surface area (Å²) in [5.74, 6) is 0.533. The van der Waals surface area contributed by atoms with Crippen LogP contribution in [-0.4, -0.2) is 27.3 Å². The number of aromatic amines is 1. The van der Waals surface area contributed by atoms with E-state index in [1.54, 1.807) is 12.4 Å². The van der Waals surface area contributed by atoms with Crippen LogP contribution in [0.2, 0.25) is 0 Å². The second-order valence-corrected chi connectivity index (χ2v) is 3.85. The Morgan fingerprint density at radius 3 is 2.68 bits per heavy atom. The maximum Gasteiger partial charge on any atom is 0.269 e. The minimum atomic E-state index is -0.501. The van der Waals surface area contributed by atoms with Crippen LogP contribution in [0.15, 0.2) is 36.7 Å². The van der Waals surface area contributed by atoms with Crippen LogP contribution >= 0.6 is 0 Å². The van der Waals surface area contributed by atoms with Gasteiger partial charge in [0.15, 0.2) is 0 Å². The second-order valence-electron chi connectivity index (χ2n) is 3.85. The highest BCUT2D eigenvalue weighted by Gasteiger charge is 2.08. The van der Waals surface area contributed by atoms with Gasteiger partial charge < -0.3 is 10.3 Å². The van der Waals surface area contributed by atoms with Crippen LogP contribution in [0.4, 0.5) is 5.69 Å². The van der Waals surface area contributed by atoms with E-state index in [1.165, 1.54) is 24.3 Å². The molecule has 7 heteroatoms. The number of hydrogen-bond donors (Lipinski definition) is 2. The van der Waals surface area contributed by atoms with Crippen LogP contribution in [0.5, 0.6) is 0 Å². The van der Waals surface area contributed by atoms with Crippen molar-refractivity contribution < 1.29 is 9.72 Å². The summed E-state index contributed by atoms with van der Waals surface area (Å²) in [7, 11) is 0. The molecule has 0 fully saturated rings. The average Bonchev–Trinajstić information content (AvgIpc) is 2.92. The molecule has 1 amide bonds. The molecule has 0 aliphatic rings. The first-order chi connectivity index (χ1) is 9.16. The van der Waals surface area contributed by atoms with Crippen molar-refractivity contribution in [3.05, 3.63) is 58.2 Å². The maximum absolute atomic E-state index is 11.7. The molecule has 19 heavy (non-hydrogen) atoms. The third-order valence-corrected chi connectivity index (χ3v) is 2.54. The van der Waals surface area contributed by atoms with Gasteiger partial charge in [0.25, 0.3) is 11.6 Å². The Kier molecular flexibility index (Phi) is 3.87. The molecule has 0 atom stereocenters. The van der Waals surface area contributed by atoms with Crippen molar-refractivity contribution in [2.24, 2.45) is 0 Å². The summed E-state index contributed by atoms with van der Waals surface area (Å²) in [6.07, 6.45) is 3.96. The van der Waals surface area contributed by atoms with Gasteiger partial charge in [-0.25, -0.2) is 4.98 Å². The van der Waals surface area contributed by atoms with Crippen LogP contribution < -0.4 is 5.32 Å². The van der Waals surface area contributed by atoms with Crippen molar-refractivity contribution in [3.8, 4) is 0 Å². The van der Waals surface area contributed by atoms with E-state index in [0.29, 0.717) is 18.5 Å². The van der Waals surface area contributed by atoms with Gasteiger partial charge in [-0.15, -0.1) is 0 Å². The Morgan fingerprint density at radius 2 is 2.11 bits per heavy atom. The Morgan fingerprint density at radius 1 is 1.37 bits per heavy atom. The molecule has 98 valence electrons. The van der Waals surface area contributed by atoms with E-state index in [-0.39, 0.29) is 11.6 Å². The largest absolute Gasteiger partial charge is 0.352 e. The number of rotatable bonds is 5. The normalized spacial score (nSPS) is 10.1. The van der Waals surface area contributed by atoms with Crippen LogP contribution in [-0.2, 0) is 6.42 Å². The number of nitrogens with zero attached hydrogens (tertiary/aromatic N) is 2. The lowest BCUT2D eigenvalue weighted by Crippen LogP contribution is -2.25. The number of non-ortho nitro benzene ring substituents is 1. The molecule has 0 bridgehead atoms. The van der Waals surface area contributed by atoms with E-state index in [0.717, 1.165) is 5.82 Å². The highest BCUT2D eigenvalue weighted by atomic mass is 16.6. The lowest BCUT2D eigenvalue weighted by atomic mass is 10.2. The molecule has 0 aliphatic heterocycles. The highest BCUT2D eigenvalue weighted by Crippen LogP contribution is 2.11. The van der Waals surface area contributed by atoms with Gasteiger partial charge in [-0.05, 0) is 12.1 Å². The summed E-state index contributed by atoms with van der Waals surface area (Å²) in [6.45, 7) is 0.448. The number of aromatic nitrogens is 2. The molecule has 7 nitrogen and oxygen atoms in total. The zero-order valence-corrected chi connectivity index (χ0v) is 10.00. The third kappa shape index (κ3) is 3.38. The summed E-state index contributed by atoms with van der Waals surface area (Å²) >= 11 is 0. The molecule has 0 unspecified atom stereocenters. The number of nitro benzene ring substituents is 1. The Hall–Kier alpha value is -2.70. The summed E-state index contributed by atoms with van der Waals surface area (Å²) in [4.78, 5) is 28.7. The number of carbonyl (C=O) groups is 1. The lowest BCUT2D eigenvalue weighted by Gasteiger charge is -2.03. The highest BCUT2D eigenvalue weighted by molar-refractivity contribution is 5.94. The number of nitrogens with one attached hydrogen (secondary N) is 2. The third-order valence-electron chi connectivity index (χ3n) is 2.54. The maximum atomic E-state index is 11.7. The fourth-order valence-corrected chi connectivity index (χ4v) is 1.57. The molecule has 2 N–H and O–H groups in total. The molecule has 2 rings (SSSR count). The first-order valence-corrected chi connectivity index (χ1v) is 5.68. The van der Waals surface area contributed by atoms with Gasteiger partial charge in [-0.3, -0.25) is 14.9 Å². The van der Waals surface area contributed by atoms with Crippen molar-refractivity contribution in [1.29, 1.82) is 0 Å². The van der Waals surface area contributed by atoms with Gasteiger partial charge in [0, 0.05) is 43.1 Å². The fraction of sp³-hybridized carbons (Fsp3) is 0.167. The van der Waals surface area contributed by atoms with Gasteiger partial charge in [0.1, 0.15) is 5.82 Å². The Bertz CT molecular complexity index is 563. The number of hydrogen-bond acceptors (Lipinski definition) is 4. The first-order valence-electron chi connectivity index (χ1n) is 5.68. The van der Waals surface area contributed by atoms with Gasteiger partial charge in [-0.1, -0.05) is 0 Å². The molecule has 1 heterocycles. The molecule has 1 aromatic heterocycles. The zero-order valence-electron chi connectivity index (χ0n) is 10.00. The van der Waals surface area contributed by atoms with E-state index < -0.39 is 4.92 Å². The van der Waals surface area contributed by atoms with Crippen molar-refractivity contribution >= 4 is 11.6 Å². The summed E-state index contributed by atoms with van der Waals surface area (Å²) in [6, 6.07) is 5.48. The number of benzene rings is 1. The van der Waals surface area contributed by atoms with Gasteiger partial charge in [0.2, 0.25) is 0 Å². The lowest BCUT2D eigenvalue weighted by molar-refractivity contribution is -0.384. The van der Waals surface area contributed by atoms with E-state index in [1.807, 2.05) is 0 Å². The second kappa shape index (κ2) is 5.76. The first kappa shape index (κ1) is 12.7. The fourth-order valence-electron chi connectivity index (χ4n) is 1.57. The zero-order chi connectivity index (χ0) is 13.7. The summed E-state index contributed by atoms with van der Waals surface area (Å²) in [5, 5.41) is 13.2. The molecule has 0 aliphatic carbocycles. The number of nitro groups is 1. The van der Waals surface area contributed by atoms with E-state index in [4.69, 9.17) is 0 Å². The summed E-state index contributed by atoms with van der Waals surface area (Å²) < 4.78 is 0. The topological polar surface area (TPSA) is 101 Å². The van der Waals surface area contributed by atoms with Crippen molar-refractivity contribution in [2.75, 3.05) is 6.54 Å². The number of carbonyl (C=O) groups excluding carboxylic acids is 1. The molecule has 2 aromatic rings. The number of imidazole rings is 1. The Labute approximate surface area is 108 Å². The minimum Gasteiger partial charge on any atom is -0.352 e. The molecule has 0 saturated carbocycles. The van der Waals surface area contributed by atoms with E-state index in [2.05, 4.69) is 15.3 Å². The molecule has 0 saturated heterocycles. The molecular formula is C12H12N4O3. The summed E-state index contributed by atoms with van der Waals surface area (Å²) in [5.41, 5.74) is 0.359. The standard InChI is InChI=1S/C12H12N4O3/c17-12(15-6-5-11-13-7-8-14-11)9-1-3-10(4-2-9)16(18)19/h1-4,7-8H,5-6H2,(H,13,14)(H,15,17). The quantitative estimate of drug-likeness (QED) is 0.624. The predicted molar refractivity (Wildman–Crippen MR) is 67.7 cm³/mol. The van der Waals surface area contributed by atoms with Crippen LogP contribution in [0.25, 0.3) is 0 Å². The molecule has 1 aromatic carbocycles. The molecule has 0 radical (unpaired) electrons. The van der Waals surface area contributed by atoms with E-state index >= 15 is 0 Å². The van der Waals surface area contributed by atoms with Crippen molar-refractivity contribution in [2.45, 2.75) is 6.42 Å². The van der Waals surface area contributed by atoms with Crippen molar-refractivity contribution in [3.63, 3.8) is 0 Å². The number of H-pyrrole nitrogens is 1. The van der Waals surface area contributed by atoms with E-state index in [9.17, 15) is 14.9 Å². The van der Waals surface area contributed by atoms with Crippen LogP contribution in [0.3, 0.4) is 0 Å². The van der Waals surface area contributed by atoms with Crippen molar-refractivity contribution in [1.82, 2.24) is 15.3 Å². The van der Waals surface area contributed by atoms with Gasteiger partial charge in [0.05, 0.1) is 4.92 Å².